The van der Waals surface area contributed by atoms with E-state index in [4.69, 9.17) is 14.6 Å². The van der Waals surface area contributed by atoms with Crippen molar-refractivity contribution in [1.29, 1.82) is 0 Å². The van der Waals surface area contributed by atoms with Crippen LogP contribution in [0.2, 0.25) is 0 Å². The van der Waals surface area contributed by atoms with E-state index in [1.807, 2.05) is 44.4 Å². The summed E-state index contributed by atoms with van der Waals surface area (Å²) >= 11 is 0. The molecule has 0 fully saturated rings. The molecule has 180 valence electrons. The third-order valence-corrected chi connectivity index (χ3v) is 5.93. The number of aliphatic carboxylic acids is 1. The Balaban J connectivity index is 1.95. The van der Waals surface area contributed by atoms with Gasteiger partial charge in [0.25, 0.3) is 0 Å². The summed E-state index contributed by atoms with van der Waals surface area (Å²) in [6.45, 7) is 5.56. The predicted octanol–water partition coefficient (Wildman–Crippen LogP) is 5.86. The molecule has 3 rings (SSSR count). The van der Waals surface area contributed by atoms with Gasteiger partial charge in [0.2, 0.25) is 0 Å². The number of carbonyl (C=O) groups is 1. The lowest BCUT2D eigenvalue weighted by Crippen LogP contribution is -2.19. The van der Waals surface area contributed by atoms with Crippen molar-refractivity contribution in [3.05, 3.63) is 83.4 Å². The van der Waals surface area contributed by atoms with Gasteiger partial charge in [0.1, 0.15) is 18.1 Å². The van der Waals surface area contributed by atoms with Crippen LogP contribution in [-0.2, 0) is 11.2 Å². The maximum atomic E-state index is 11.1. The first-order valence-corrected chi connectivity index (χ1v) is 11.8. The van der Waals surface area contributed by atoms with Gasteiger partial charge < -0.3 is 19.5 Å². The van der Waals surface area contributed by atoms with Crippen molar-refractivity contribution in [2.45, 2.75) is 32.6 Å². The molecule has 0 aliphatic carbocycles. The van der Waals surface area contributed by atoms with E-state index in [9.17, 15) is 4.79 Å². The van der Waals surface area contributed by atoms with Gasteiger partial charge in [-0.15, -0.1) is 0 Å². The summed E-state index contributed by atoms with van der Waals surface area (Å²) in [7, 11) is 4.08. The molecule has 0 saturated heterocycles. The van der Waals surface area contributed by atoms with Crippen LogP contribution in [0, 0.1) is 0 Å². The van der Waals surface area contributed by atoms with Crippen molar-refractivity contribution in [3.8, 4) is 22.6 Å². The highest BCUT2D eigenvalue weighted by Crippen LogP contribution is 2.35. The Bertz CT molecular complexity index is 1080. The van der Waals surface area contributed by atoms with Crippen LogP contribution in [0.5, 0.6) is 11.5 Å². The number of likely N-dealkylation sites (N-methyl/N-ethyl adjacent to an activating group) is 1. The SMILES string of the molecule is CCC(C)c1cc(-c2ccc(OCC(=O)O)c(Cc3ccccc3)c2)ccc1OCCN(C)C. The molecule has 0 bridgehead atoms. The van der Waals surface area contributed by atoms with E-state index in [0.29, 0.717) is 24.7 Å². The van der Waals surface area contributed by atoms with Crippen molar-refractivity contribution in [1.82, 2.24) is 4.90 Å². The van der Waals surface area contributed by atoms with Crippen molar-refractivity contribution in [2.24, 2.45) is 0 Å². The van der Waals surface area contributed by atoms with Gasteiger partial charge >= 0.3 is 5.97 Å². The van der Waals surface area contributed by atoms with Gasteiger partial charge in [0, 0.05) is 13.0 Å². The minimum absolute atomic E-state index is 0.363. The van der Waals surface area contributed by atoms with E-state index < -0.39 is 5.97 Å². The van der Waals surface area contributed by atoms with Crippen LogP contribution in [0.4, 0.5) is 0 Å². The Labute approximate surface area is 203 Å². The van der Waals surface area contributed by atoms with Crippen molar-refractivity contribution < 1.29 is 19.4 Å². The number of carboxylic acids is 1. The molecule has 0 spiro atoms. The van der Waals surface area contributed by atoms with Crippen molar-refractivity contribution in [3.63, 3.8) is 0 Å². The Kier molecular flexibility index (Phi) is 9.11. The lowest BCUT2D eigenvalue weighted by atomic mass is 9.92. The standard InChI is InChI=1S/C29H35NO4/c1-5-21(2)26-19-24(12-14-28(26)33-16-15-30(3)4)23-11-13-27(34-20-29(31)32)25(18-23)17-22-9-7-6-8-10-22/h6-14,18-19,21H,5,15-17,20H2,1-4H3,(H,31,32). The first-order valence-electron chi connectivity index (χ1n) is 11.8. The van der Waals surface area contributed by atoms with E-state index in [1.54, 1.807) is 0 Å². The van der Waals surface area contributed by atoms with Gasteiger partial charge in [0.15, 0.2) is 6.61 Å². The van der Waals surface area contributed by atoms with Crippen LogP contribution in [0.15, 0.2) is 66.7 Å². The highest BCUT2D eigenvalue weighted by molar-refractivity contribution is 5.70. The minimum atomic E-state index is -0.988. The molecule has 0 aliphatic rings. The largest absolute Gasteiger partial charge is 0.492 e. The summed E-state index contributed by atoms with van der Waals surface area (Å²) in [5.41, 5.74) is 5.48. The zero-order valence-corrected chi connectivity index (χ0v) is 20.6. The zero-order valence-electron chi connectivity index (χ0n) is 20.6. The maximum Gasteiger partial charge on any atom is 0.341 e. The molecule has 5 nitrogen and oxygen atoms in total. The average Bonchev–Trinajstić information content (AvgIpc) is 2.83. The van der Waals surface area contributed by atoms with Crippen molar-refractivity contribution >= 4 is 5.97 Å². The molecule has 5 heteroatoms. The Morgan fingerprint density at radius 1 is 0.941 bits per heavy atom. The predicted molar refractivity (Wildman–Crippen MR) is 137 cm³/mol. The number of hydrogen-bond donors (Lipinski definition) is 1. The van der Waals surface area contributed by atoms with Gasteiger partial charge in [-0.05, 0) is 78.5 Å². The van der Waals surface area contributed by atoms with E-state index in [2.05, 4.69) is 55.1 Å². The van der Waals surface area contributed by atoms with Gasteiger partial charge in [-0.1, -0.05) is 56.3 Å². The Hall–Kier alpha value is -3.31. The van der Waals surface area contributed by atoms with Crippen LogP contribution in [0.1, 0.15) is 42.9 Å². The van der Waals surface area contributed by atoms with E-state index >= 15 is 0 Å². The topological polar surface area (TPSA) is 59.0 Å². The fourth-order valence-electron chi connectivity index (χ4n) is 3.80. The number of nitrogens with zero attached hydrogens (tertiary/aromatic N) is 1. The molecular weight excluding hydrogens is 426 g/mol. The summed E-state index contributed by atoms with van der Waals surface area (Å²) in [5.74, 6) is 0.917. The summed E-state index contributed by atoms with van der Waals surface area (Å²) in [6.07, 6.45) is 1.68. The molecule has 1 N–H and O–H groups in total. The van der Waals surface area contributed by atoms with Crippen LogP contribution in [-0.4, -0.2) is 49.8 Å². The molecule has 0 aromatic heterocycles. The monoisotopic (exact) mass is 461 g/mol. The number of ether oxygens (including phenoxy) is 2. The number of rotatable bonds is 12. The molecule has 0 saturated carbocycles. The molecule has 1 unspecified atom stereocenters. The Morgan fingerprint density at radius 3 is 2.26 bits per heavy atom. The second kappa shape index (κ2) is 12.2. The van der Waals surface area contributed by atoms with Gasteiger partial charge in [-0.2, -0.15) is 0 Å². The molecule has 34 heavy (non-hydrogen) atoms. The third-order valence-electron chi connectivity index (χ3n) is 5.93. The summed E-state index contributed by atoms with van der Waals surface area (Å²) in [6, 6.07) is 22.5. The highest BCUT2D eigenvalue weighted by atomic mass is 16.5. The quantitative estimate of drug-likeness (QED) is 0.366. The molecule has 0 radical (unpaired) electrons. The molecule has 3 aromatic rings. The number of carboxylic acid groups (broad SMARTS) is 1. The molecule has 0 amide bonds. The van der Waals surface area contributed by atoms with Crippen LogP contribution < -0.4 is 9.47 Å². The van der Waals surface area contributed by atoms with E-state index in [-0.39, 0.29) is 6.61 Å². The van der Waals surface area contributed by atoms with Crippen LogP contribution >= 0.6 is 0 Å². The van der Waals surface area contributed by atoms with Gasteiger partial charge in [-0.3, -0.25) is 0 Å². The smallest absolute Gasteiger partial charge is 0.341 e. The van der Waals surface area contributed by atoms with Crippen molar-refractivity contribution in [2.75, 3.05) is 33.9 Å². The normalized spacial score (nSPS) is 11.9. The third kappa shape index (κ3) is 7.09. The lowest BCUT2D eigenvalue weighted by Gasteiger charge is -2.19. The summed E-state index contributed by atoms with van der Waals surface area (Å²) < 4.78 is 11.7. The van der Waals surface area contributed by atoms with Gasteiger partial charge in [0.05, 0.1) is 0 Å². The minimum Gasteiger partial charge on any atom is -0.492 e. The molecule has 0 aliphatic heterocycles. The summed E-state index contributed by atoms with van der Waals surface area (Å²) in [4.78, 5) is 13.2. The highest BCUT2D eigenvalue weighted by Gasteiger charge is 2.14. The first-order chi connectivity index (χ1) is 16.4. The first kappa shape index (κ1) is 25.3. The summed E-state index contributed by atoms with van der Waals surface area (Å²) in [5, 5.41) is 9.07. The van der Waals surface area contributed by atoms with Gasteiger partial charge in [-0.25, -0.2) is 4.79 Å². The molecule has 0 heterocycles. The second-order valence-corrected chi connectivity index (χ2v) is 8.88. The van der Waals surface area contributed by atoms with E-state index in [1.165, 1.54) is 5.56 Å². The molecule has 3 aromatic carbocycles. The molecule has 1 atom stereocenters. The molecular formula is C29H35NO4. The Morgan fingerprint density at radius 2 is 1.62 bits per heavy atom. The number of benzene rings is 3. The van der Waals surface area contributed by atoms with Crippen LogP contribution in [0.25, 0.3) is 11.1 Å². The maximum absolute atomic E-state index is 11.1. The number of hydrogen-bond acceptors (Lipinski definition) is 4. The lowest BCUT2D eigenvalue weighted by molar-refractivity contribution is -0.139. The fraction of sp³-hybridized carbons (Fsp3) is 0.345. The zero-order chi connectivity index (χ0) is 24.5. The second-order valence-electron chi connectivity index (χ2n) is 8.88. The van der Waals surface area contributed by atoms with Crippen LogP contribution in [0.3, 0.4) is 0 Å². The fourth-order valence-corrected chi connectivity index (χ4v) is 3.80. The average molecular weight is 462 g/mol. The van der Waals surface area contributed by atoms with E-state index in [0.717, 1.165) is 41.0 Å².